The monoisotopic (exact) mass is 492 g/mol. The van der Waals surface area contributed by atoms with Crippen LogP contribution in [0.25, 0.3) is 0 Å². The number of hydrogen-bond donors (Lipinski definition) is 1. The number of likely N-dealkylation sites (tertiary alicyclic amines) is 1. The van der Waals surface area contributed by atoms with Crippen LogP contribution in [0, 0.1) is 5.92 Å². The number of piperidine rings is 1. The standard InChI is InChI=1S/C28H36N4O4/c33-26(25-10-6-19-36-25)29-22-11-12-24(23(20-22)28(35)31-13-4-1-5-14-31)30-15-7-16-32(18-17-30)27(34)21-8-2-3-9-21/h6,10-12,19-21H,1-5,7-9,13-18H2,(H,29,33). The number of carbonyl (C=O) groups excluding carboxylic acids is 3. The summed E-state index contributed by atoms with van der Waals surface area (Å²) in [7, 11) is 0. The van der Waals surface area contributed by atoms with E-state index in [0.717, 1.165) is 83.2 Å². The summed E-state index contributed by atoms with van der Waals surface area (Å²) in [4.78, 5) is 45.4. The van der Waals surface area contributed by atoms with Crippen molar-refractivity contribution in [2.75, 3.05) is 49.5 Å². The van der Waals surface area contributed by atoms with Crippen molar-refractivity contribution in [2.24, 2.45) is 5.92 Å². The minimum absolute atomic E-state index is 0.00179. The van der Waals surface area contributed by atoms with E-state index in [4.69, 9.17) is 4.42 Å². The minimum Gasteiger partial charge on any atom is -0.459 e. The molecule has 1 N–H and O–H groups in total. The zero-order chi connectivity index (χ0) is 24.9. The molecule has 3 fully saturated rings. The third-order valence-corrected chi connectivity index (χ3v) is 7.73. The van der Waals surface area contributed by atoms with Crippen LogP contribution in [0.2, 0.25) is 0 Å². The first-order valence-electron chi connectivity index (χ1n) is 13.4. The lowest BCUT2D eigenvalue weighted by molar-refractivity contribution is -0.135. The first-order chi connectivity index (χ1) is 17.6. The van der Waals surface area contributed by atoms with E-state index in [1.165, 1.54) is 6.26 Å². The van der Waals surface area contributed by atoms with Crippen molar-refractivity contribution in [2.45, 2.75) is 51.4 Å². The summed E-state index contributed by atoms with van der Waals surface area (Å²) >= 11 is 0. The Morgan fingerprint density at radius 1 is 0.806 bits per heavy atom. The van der Waals surface area contributed by atoms with Crippen LogP contribution in [0.5, 0.6) is 0 Å². The third-order valence-electron chi connectivity index (χ3n) is 7.73. The van der Waals surface area contributed by atoms with Crippen LogP contribution in [-0.4, -0.2) is 66.8 Å². The van der Waals surface area contributed by atoms with Crippen molar-refractivity contribution < 1.29 is 18.8 Å². The van der Waals surface area contributed by atoms with Gasteiger partial charge >= 0.3 is 0 Å². The first-order valence-corrected chi connectivity index (χ1v) is 13.4. The van der Waals surface area contributed by atoms with Crippen LogP contribution in [0.1, 0.15) is 72.3 Å². The number of anilines is 2. The molecule has 3 amide bonds. The van der Waals surface area contributed by atoms with E-state index in [1.807, 2.05) is 21.9 Å². The Labute approximate surface area is 212 Å². The van der Waals surface area contributed by atoms with Gasteiger partial charge in [0, 0.05) is 56.6 Å². The van der Waals surface area contributed by atoms with Gasteiger partial charge in [-0.1, -0.05) is 12.8 Å². The number of amides is 3. The van der Waals surface area contributed by atoms with E-state index in [0.29, 0.717) is 30.2 Å². The lowest BCUT2D eigenvalue weighted by Crippen LogP contribution is -2.39. The Morgan fingerprint density at radius 2 is 1.58 bits per heavy atom. The fourth-order valence-electron chi connectivity index (χ4n) is 5.74. The third kappa shape index (κ3) is 5.42. The number of nitrogens with one attached hydrogen (secondary N) is 1. The molecule has 3 heterocycles. The van der Waals surface area contributed by atoms with E-state index in [2.05, 4.69) is 10.2 Å². The van der Waals surface area contributed by atoms with Gasteiger partial charge in [-0.3, -0.25) is 14.4 Å². The maximum Gasteiger partial charge on any atom is 0.291 e. The van der Waals surface area contributed by atoms with Gasteiger partial charge in [0.15, 0.2) is 5.76 Å². The molecular weight excluding hydrogens is 456 g/mol. The molecule has 1 aromatic carbocycles. The average Bonchev–Trinajstić information content (AvgIpc) is 3.60. The maximum atomic E-state index is 13.7. The van der Waals surface area contributed by atoms with Crippen molar-refractivity contribution in [3.05, 3.63) is 47.9 Å². The Kier molecular flexibility index (Phi) is 7.58. The van der Waals surface area contributed by atoms with Crippen LogP contribution in [0.3, 0.4) is 0 Å². The van der Waals surface area contributed by atoms with Gasteiger partial charge in [-0.2, -0.15) is 0 Å². The van der Waals surface area contributed by atoms with Gasteiger partial charge in [0.25, 0.3) is 11.8 Å². The average molecular weight is 493 g/mol. The van der Waals surface area contributed by atoms with E-state index in [9.17, 15) is 14.4 Å². The molecule has 0 bridgehead atoms. The fraction of sp³-hybridized carbons (Fsp3) is 0.536. The lowest BCUT2D eigenvalue weighted by Gasteiger charge is -2.31. The molecule has 8 heteroatoms. The highest BCUT2D eigenvalue weighted by molar-refractivity contribution is 6.05. The highest BCUT2D eigenvalue weighted by atomic mass is 16.3. The summed E-state index contributed by atoms with van der Waals surface area (Å²) in [6.45, 7) is 4.42. The number of hydrogen-bond acceptors (Lipinski definition) is 5. The molecule has 2 aliphatic heterocycles. The molecule has 0 spiro atoms. The highest BCUT2D eigenvalue weighted by Crippen LogP contribution is 2.30. The molecular formula is C28H36N4O4. The number of nitrogens with zero attached hydrogens (tertiary/aromatic N) is 3. The molecule has 2 aromatic rings. The quantitative estimate of drug-likeness (QED) is 0.669. The van der Waals surface area contributed by atoms with Crippen molar-refractivity contribution in [3.8, 4) is 0 Å². The van der Waals surface area contributed by atoms with E-state index >= 15 is 0 Å². The molecule has 1 aliphatic carbocycles. The number of rotatable bonds is 5. The zero-order valence-electron chi connectivity index (χ0n) is 20.9. The largest absolute Gasteiger partial charge is 0.459 e. The van der Waals surface area contributed by atoms with Gasteiger partial charge in [0.1, 0.15) is 0 Å². The summed E-state index contributed by atoms with van der Waals surface area (Å²) in [6.07, 6.45) is 9.83. The summed E-state index contributed by atoms with van der Waals surface area (Å²) in [6, 6.07) is 8.85. The van der Waals surface area contributed by atoms with Crippen LogP contribution < -0.4 is 10.2 Å². The molecule has 5 rings (SSSR count). The fourth-order valence-corrected chi connectivity index (χ4v) is 5.74. The van der Waals surface area contributed by atoms with Gasteiger partial charge in [0.2, 0.25) is 5.91 Å². The second kappa shape index (κ2) is 11.2. The summed E-state index contributed by atoms with van der Waals surface area (Å²) in [5.41, 5.74) is 2.04. The summed E-state index contributed by atoms with van der Waals surface area (Å²) < 4.78 is 5.21. The predicted molar refractivity (Wildman–Crippen MR) is 138 cm³/mol. The second-order valence-electron chi connectivity index (χ2n) is 10.2. The number of furan rings is 1. The summed E-state index contributed by atoms with van der Waals surface area (Å²) in [5, 5.41) is 2.86. The van der Waals surface area contributed by atoms with Crippen LogP contribution >= 0.6 is 0 Å². The van der Waals surface area contributed by atoms with Crippen molar-refractivity contribution in [3.63, 3.8) is 0 Å². The Balaban J connectivity index is 1.36. The molecule has 1 saturated carbocycles. The van der Waals surface area contributed by atoms with Crippen LogP contribution in [-0.2, 0) is 4.79 Å². The molecule has 0 atom stereocenters. The Hall–Kier alpha value is -3.29. The molecule has 0 unspecified atom stereocenters. The number of benzene rings is 1. The molecule has 36 heavy (non-hydrogen) atoms. The van der Waals surface area contributed by atoms with Gasteiger partial charge in [0.05, 0.1) is 11.8 Å². The highest BCUT2D eigenvalue weighted by Gasteiger charge is 2.30. The van der Waals surface area contributed by atoms with E-state index in [1.54, 1.807) is 18.2 Å². The maximum absolute atomic E-state index is 13.7. The molecule has 0 radical (unpaired) electrons. The molecule has 192 valence electrons. The van der Waals surface area contributed by atoms with Crippen LogP contribution in [0.4, 0.5) is 11.4 Å². The summed E-state index contributed by atoms with van der Waals surface area (Å²) in [5.74, 6) is 0.365. The van der Waals surface area contributed by atoms with Gasteiger partial charge in [-0.05, 0) is 68.9 Å². The van der Waals surface area contributed by atoms with Gasteiger partial charge < -0.3 is 24.4 Å². The van der Waals surface area contributed by atoms with Crippen LogP contribution in [0.15, 0.2) is 41.0 Å². The minimum atomic E-state index is -0.347. The zero-order valence-corrected chi connectivity index (χ0v) is 20.9. The molecule has 2 saturated heterocycles. The van der Waals surface area contributed by atoms with E-state index < -0.39 is 0 Å². The van der Waals surface area contributed by atoms with E-state index in [-0.39, 0.29) is 23.5 Å². The van der Waals surface area contributed by atoms with Crippen molar-refractivity contribution in [1.29, 1.82) is 0 Å². The van der Waals surface area contributed by atoms with Crippen molar-refractivity contribution >= 4 is 29.1 Å². The Bertz CT molecular complexity index is 1070. The Morgan fingerprint density at radius 3 is 2.33 bits per heavy atom. The number of carbonyl (C=O) groups is 3. The van der Waals surface area contributed by atoms with Gasteiger partial charge in [-0.15, -0.1) is 0 Å². The smallest absolute Gasteiger partial charge is 0.291 e. The first kappa shape index (κ1) is 24.4. The second-order valence-corrected chi connectivity index (χ2v) is 10.2. The molecule has 3 aliphatic rings. The van der Waals surface area contributed by atoms with Gasteiger partial charge in [-0.25, -0.2) is 0 Å². The van der Waals surface area contributed by atoms with Crippen molar-refractivity contribution in [1.82, 2.24) is 9.80 Å². The normalized spacial score (nSPS) is 19.3. The topological polar surface area (TPSA) is 86.1 Å². The molecule has 1 aromatic heterocycles. The SMILES string of the molecule is O=C(Nc1ccc(N2CCCN(C(=O)C3CCCC3)CC2)c(C(=O)N2CCCCC2)c1)c1ccco1. The molecule has 8 nitrogen and oxygen atoms in total. The lowest BCUT2D eigenvalue weighted by atomic mass is 10.1. The predicted octanol–water partition coefficient (Wildman–Crippen LogP) is 4.39.